The predicted molar refractivity (Wildman–Crippen MR) is 76.0 cm³/mol. The largest absolute Gasteiger partial charge is 0.381 e. The van der Waals surface area contributed by atoms with Gasteiger partial charge < -0.3 is 14.4 Å². The van der Waals surface area contributed by atoms with Crippen molar-refractivity contribution >= 4 is 12.2 Å². The highest BCUT2D eigenvalue weighted by molar-refractivity contribution is 5.86. The first kappa shape index (κ1) is 14.7. The van der Waals surface area contributed by atoms with Crippen LogP contribution in [0.5, 0.6) is 0 Å². The van der Waals surface area contributed by atoms with E-state index in [9.17, 15) is 9.59 Å². The molecule has 4 nitrogen and oxygen atoms in total. The molecular formula is C16H21NO3. The highest BCUT2D eigenvalue weighted by Crippen LogP contribution is 2.34. The molecule has 1 aliphatic rings. The molecule has 0 spiro atoms. The van der Waals surface area contributed by atoms with E-state index in [1.54, 1.807) is 7.11 Å². The lowest BCUT2D eigenvalue weighted by molar-refractivity contribution is -0.167. The van der Waals surface area contributed by atoms with Crippen molar-refractivity contribution in [1.29, 1.82) is 0 Å². The van der Waals surface area contributed by atoms with Gasteiger partial charge in [0.1, 0.15) is 6.29 Å². The maximum absolute atomic E-state index is 12.3. The zero-order valence-corrected chi connectivity index (χ0v) is 12.0. The van der Waals surface area contributed by atoms with E-state index in [4.69, 9.17) is 4.74 Å². The molecule has 2 rings (SSSR count). The zero-order chi connectivity index (χ0) is 14.5. The van der Waals surface area contributed by atoms with Gasteiger partial charge in [0.2, 0.25) is 5.91 Å². The third-order valence-electron chi connectivity index (χ3n) is 4.04. The molecule has 1 saturated heterocycles. The summed E-state index contributed by atoms with van der Waals surface area (Å²) in [6.45, 7) is 2.52. The van der Waals surface area contributed by atoms with Gasteiger partial charge in [0.05, 0.1) is 12.0 Å². The number of hydrogen-bond acceptors (Lipinski definition) is 3. The topological polar surface area (TPSA) is 46.6 Å². The maximum Gasteiger partial charge on any atom is 0.230 e. The number of ether oxygens (including phenoxy) is 1. The molecule has 3 atom stereocenters. The summed E-state index contributed by atoms with van der Waals surface area (Å²) in [6.07, 6.45) is 2.00. The van der Waals surface area contributed by atoms with Crippen LogP contribution in [0.15, 0.2) is 30.3 Å². The summed E-state index contributed by atoms with van der Waals surface area (Å²) < 4.78 is 5.30. The van der Waals surface area contributed by atoms with E-state index >= 15 is 0 Å². The van der Waals surface area contributed by atoms with Gasteiger partial charge in [-0.25, -0.2) is 0 Å². The molecule has 0 N–H and O–H groups in total. The second-order valence-electron chi connectivity index (χ2n) is 5.23. The van der Waals surface area contributed by atoms with Crippen molar-refractivity contribution in [2.45, 2.75) is 38.5 Å². The molecule has 1 aromatic rings. The monoisotopic (exact) mass is 275 g/mol. The number of carbonyl (C=O) groups is 2. The molecule has 1 aromatic carbocycles. The van der Waals surface area contributed by atoms with Crippen LogP contribution < -0.4 is 0 Å². The first-order valence-corrected chi connectivity index (χ1v) is 7.00. The molecule has 108 valence electrons. The number of nitrogens with zero attached hydrogens (tertiary/aromatic N) is 1. The molecule has 4 heteroatoms. The van der Waals surface area contributed by atoms with E-state index in [2.05, 4.69) is 0 Å². The summed E-state index contributed by atoms with van der Waals surface area (Å²) in [5.74, 6) is 0.00256. The fraction of sp³-hybridized carbons (Fsp3) is 0.500. The van der Waals surface area contributed by atoms with Crippen LogP contribution in [0.2, 0.25) is 0 Å². The lowest BCUT2D eigenvalue weighted by Gasteiger charge is -2.49. The van der Waals surface area contributed by atoms with Crippen LogP contribution in [0.3, 0.4) is 0 Å². The molecule has 1 heterocycles. The zero-order valence-electron chi connectivity index (χ0n) is 12.0. The Morgan fingerprint density at radius 1 is 1.35 bits per heavy atom. The van der Waals surface area contributed by atoms with Gasteiger partial charge >= 0.3 is 0 Å². The molecule has 1 aliphatic heterocycles. The summed E-state index contributed by atoms with van der Waals surface area (Å²) in [7, 11) is 1.62. The molecule has 1 amide bonds. The van der Waals surface area contributed by atoms with E-state index in [-0.39, 0.29) is 24.0 Å². The van der Waals surface area contributed by atoms with Crippen molar-refractivity contribution in [3.05, 3.63) is 35.9 Å². The van der Waals surface area contributed by atoms with Gasteiger partial charge in [-0.2, -0.15) is 0 Å². The fourth-order valence-corrected chi connectivity index (χ4v) is 2.84. The highest BCUT2D eigenvalue weighted by atomic mass is 16.5. The lowest BCUT2D eigenvalue weighted by Crippen LogP contribution is -2.63. The second-order valence-corrected chi connectivity index (χ2v) is 5.23. The SMILES string of the molecule is CO[C@H](C)[C@H]1C(=O)N(Cc2ccccc2)[C@@H]1CCC=O. The van der Waals surface area contributed by atoms with E-state index in [0.717, 1.165) is 11.8 Å². The third kappa shape index (κ3) is 2.90. The van der Waals surface area contributed by atoms with E-state index < -0.39 is 0 Å². The Hall–Kier alpha value is -1.68. The molecule has 20 heavy (non-hydrogen) atoms. The Kier molecular flexibility index (Phi) is 4.90. The van der Waals surface area contributed by atoms with Crippen LogP contribution in [0.1, 0.15) is 25.3 Å². The molecule has 0 bridgehead atoms. The van der Waals surface area contributed by atoms with E-state index in [1.165, 1.54) is 0 Å². The van der Waals surface area contributed by atoms with Crippen LogP contribution in [0, 0.1) is 5.92 Å². The summed E-state index contributed by atoms with van der Waals surface area (Å²) in [4.78, 5) is 24.8. The first-order chi connectivity index (χ1) is 9.69. The molecule has 0 aliphatic carbocycles. The number of likely N-dealkylation sites (tertiary alicyclic amines) is 1. The quantitative estimate of drug-likeness (QED) is 0.565. The Bertz CT molecular complexity index is 460. The standard InChI is InChI=1S/C16H21NO3/c1-12(20-2)15-14(9-6-10-18)17(16(15)19)11-13-7-4-3-5-8-13/h3-5,7-8,10,12,14-15H,6,9,11H2,1-2H3/t12-,14-,15-/m1/s1. The van der Waals surface area contributed by atoms with Crippen molar-refractivity contribution in [1.82, 2.24) is 4.90 Å². The molecular weight excluding hydrogens is 254 g/mol. The van der Waals surface area contributed by atoms with Crippen molar-refractivity contribution in [3.8, 4) is 0 Å². The summed E-state index contributed by atoms with van der Waals surface area (Å²) in [5, 5.41) is 0. The average Bonchev–Trinajstić information content (AvgIpc) is 2.49. The van der Waals surface area contributed by atoms with Crippen molar-refractivity contribution in [3.63, 3.8) is 0 Å². The van der Waals surface area contributed by atoms with Crippen molar-refractivity contribution in [2.24, 2.45) is 5.92 Å². The van der Waals surface area contributed by atoms with Crippen LogP contribution >= 0.6 is 0 Å². The Morgan fingerprint density at radius 2 is 2.05 bits per heavy atom. The number of β-lactam (4-membered cyclic amide) rings is 1. The van der Waals surface area contributed by atoms with Crippen LogP contribution in [-0.4, -0.2) is 36.3 Å². The minimum atomic E-state index is -0.122. The predicted octanol–water partition coefficient (Wildman–Crippen LogP) is 2.03. The minimum Gasteiger partial charge on any atom is -0.381 e. The fourth-order valence-electron chi connectivity index (χ4n) is 2.84. The first-order valence-electron chi connectivity index (χ1n) is 7.00. The molecule has 1 fully saturated rings. The smallest absolute Gasteiger partial charge is 0.230 e. The van der Waals surface area contributed by atoms with Gasteiger partial charge in [-0.15, -0.1) is 0 Å². The number of carbonyl (C=O) groups excluding carboxylic acids is 2. The summed E-state index contributed by atoms with van der Waals surface area (Å²) in [6, 6.07) is 10.0. The molecule has 0 unspecified atom stereocenters. The Labute approximate surface area is 119 Å². The van der Waals surface area contributed by atoms with Gasteiger partial charge in [-0.3, -0.25) is 4.79 Å². The molecule has 0 saturated carbocycles. The average molecular weight is 275 g/mol. The van der Waals surface area contributed by atoms with Crippen molar-refractivity contribution < 1.29 is 14.3 Å². The lowest BCUT2D eigenvalue weighted by atomic mass is 9.80. The van der Waals surface area contributed by atoms with E-state index in [1.807, 2.05) is 42.2 Å². The number of rotatable bonds is 7. The molecule has 0 radical (unpaired) electrons. The maximum atomic E-state index is 12.3. The van der Waals surface area contributed by atoms with Gasteiger partial charge in [0, 0.05) is 26.1 Å². The van der Waals surface area contributed by atoms with Crippen molar-refractivity contribution in [2.75, 3.05) is 7.11 Å². The van der Waals surface area contributed by atoms with Crippen LogP contribution in [-0.2, 0) is 20.9 Å². The highest BCUT2D eigenvalue weighted by Gasteiger charge is 2.49. The van der Waals surface area contributed by atoms with Gasteiger partial charge in [-0.05, 0) is 18.9 Å². The van der Waals surface area contributed by atoms with E-state index in [0.29, 0.717) is 19.4 Å². The van der Waals surface area contributed by atoms with Crippen LogP contribution in [0.25, 0.3) is 0 Å². The number of amides is 1. The third-order valence-corrected chi connectivity index (χ3v) is 4.04. The molecule has 0 aromatic heterocycles. The Morgan fingerprint density at radius 3 is 2.65 bits per heavy atom. The number of hydrogen-bond donors (Lipinski definition) is 0. The van der Waals surface area contributed by atoms with Crippen LogP contribution in [0.4, 0.5) is 0 Å². The van der Waals surface area contributed by atoms with Gasteiger partial charge in [0.25, 0.3) is 0 Å². The normalized spacial score (nSPS) is 23.3. The number of benzene rings is 1. The van der Waals surface area contributed by atoms with Gasteiger partial charge in [-0.1, -0.05) is 30.3 Å². The minimum absolute atomic E-state index is 0.0999. The number of aldehydes is 1. The Balaban J connectivity index is 2.07. The van der Waals surface area contributed by atoms with Gasteiger partial charge in [0.15, 0.2) is 0 Å². The second kappa shape index (κ2) is 6.66. The summed E-state index contributed by atoms with van der Waals surface area (Å²) >= 11 is 0. The number of methoxy groups -OCH3 is 1. The summed E-state index contributed by atoms with van der Waals surface area (Å²) in [5.41, 5.74) is 1.11.